The normalized spacial score (nSPS) is 15.5. The molecule has 2 bridgehead atoms. The summed E-state index contributed by atoms with van der Waals surface area (Å²) >= 11 is 0. The number of rotatable bonds is 25. The number of carbonyl (C=O) groups excluding carboxylic acids is 8. The molecule has 0 spiro atoms. The Labute approximate surface area is 615 Å². The van der Waals surface area contributed by atoms with Gasteiger partial charge in [-0.15, -0.1) is 0 Å². The molecule has 104 heavy (non-hydrogen) atoms. The van der Waals surface area contributed by atoms with Gasteiger partial charge in [-0.25, -0.2) is 43.2 Å². The third-order valence-corrected chi connectivity index (χ3v) is 16.3. The van der Waals surface area contributed by atoms with Crippen LogP contribution >= 0.6 is 0 Å². The minimum absolute atomic E-state index is 0.0100. The van der Waals surface area contributed by atoms with Crippen LogP contribution in [0.5, 0.6) is 5.75 Å². The van der Waals surface area contributed by atoms with Crippen molar-refractivity contribution in [3.63, 3.8) is 0 Å². The molecular weight excluding hydrogens is 1390 g/mol. The summed E-state index contributed by atoms with van der Waals surface area (Å²) < 4.78 is 121. The summed E-state index contributed by atoms with van der Waals surface area (Å²) in [6.45, 7) is 73.0. The molecule has 2 aliphatic rings. The van der Waals surface area contributed by atoms with Crippen molar-refractivity contribution in [3.05, 3.63) is 127 Å². The second-order valence-electron chi connectivity index (χ2n) is 29.3. The Morgan fingerprint density at radius 2 is 1.00 bits per heavy atom. The maximum atomic E-state index is 12.0. The maximum Gasteiger partial charge on any atom is 0.434 e. The number of benzene rings is 1. The number of aliphatic carboxylic acids is 1. The molecule has 0 saturated heterocycles. The van der Waals surface area contributed by atoms with Crippen LogP contribution < -0.4 is 4.74 Å². The molecule has 1 N–H and O–H groups in total. The summed E-state index contributed by atoms with van der Waals surface area (Å²) in [7, 11) is -1.25. The van der Waals surface area contributed by atoms with E-state index in [1.54, 1.807) is 67.5 Å². The zero-order valence-electron chi connectivity index (χ0n) is 66.2. The summed E-state index contributed by atoms with van der Waals surface area (Å²) in [4.78, 5) is 97.4. The maximum absolute atomic E-state index is 12.0. The zero-order valence-corrected chi connectivity index (χ0v) is 67.2. The molecule has 3 rings (SSSR count). The van der Waals surface area contributed by atoms with Crippen molar-refractivity contribution in [3.8, 4) is 5.75 Å². The minimum atomic E-state index is -5.89. The van der Waals surface area contributed by atoms with Gasteiger partial charge in [0.05, 0.1) is 27.0 Å². The molecule has 1 aromatic rings. The van der Waals surface area contributed by atoms with Crippen LogP contribution in [0, 0.1) is 34.5 Å². The van der Waals surface area contributed by atoms with E-state index in [9.17, 15) is 73.9 Å². The number of carboxylic acid groups (broad SMARTS) is 1. The fourth-order valence-electron chi connectivity index (χ4n) is 8.64. The summed E-state index contributed by atoms with van der Waals surface area (Å²) in [5.74, 6) is -5.85. The molecule has 2 fully saturated rings. The van der Waals surface area contributed by atoms with Gasteiger partial charge < -0.3 is 43.0 Å². The van der Waals surface area contributed by atoms with Crippen LogP contribution in [0.3, 0.4) is 0 Å². The Morgan fingerprint density at radius 1 is 0.587 bits per heavy atom. The number of halogens is 7. The number of hydrogen-bond acceptors (Lipinski definition) is 17. The molecule has 4 atom stereocenters. The molecule has 18 nitrogen and oxygen atoms in total. The lowest BCUT2D eigenvalue weighted by molar-refractivity contribution is -0.313. The van der Waals surface area contributed by atoms with Crippen molar-refractivity contribution in [1.29, 1.82) is 0 Å². The van der Waals surface area contributed by atoms with E-state index < -0.39 is 56.9 Å². The average molecular weight is 1510 g/mol. The Bertz CT molecular complexity index is 3020. The largest absolute Gasteiger partial charge is 0.478 e. The second kappa shape index (κ2) is 49.0. The first kappa shape index (κ1) is 105. The van der Waals surface area contributed by atoms with Gasteiger partial charge in [0.2, 0.25) is 5.83 Å². The fraction of sp³-hybridized carbons (Fsp3) is 0.603. The highest BCUT2D eigenvalue weighted by Gasteiger charge is 2.63. The van der Waals surface area contributed by atoms with Gasteiger partial charge in [0.1, 0.15) is 18.0 Å². The molecule has 0 heterocycles. The van der Waals surface area contributed by atoms with Gasteiger partial charge >= 0.3 is 66.1 Å². The lowest BCUT2D eigenvalue weighted by Gasteiger charge is -2.38. The molecular formula is C78H121F7O18Si. The summed E-state index contributed by atoms with van der Waals surface area (Å²) in [6.07, 6.45) is -7.40. The van der Waals surface area contributed by atoms with Crippen LogP contribution in [0.1, 0.15) is 196 Å². The first-order valence-electron chi connectivity index (χ1n) is 33.9. The number of unbranched alkanes of at least 4 members (excludes halogenated alkanes) is 1. The third-order valence-electron chi connectivity index (χ3n) is 15.3. The van der Waals surface area contributed by atoms with Crippen molar-refractivity contribution < 1.29 is 117 Å². The predicted octanol–water partition coefficient (Wildman–Crippen LogP) is 19.1. The van der Waals surface area contributed by atoms with Gasteiger partial charge in [-0.3, -0.25) is 0 Å². The summed E-state index contributed by atoms with van der Waals surface area (Å²) in [6, 6.07) is 7.56. The molecule has 594 valence electrons. The van der Waals surface area contributed by atoms with E-state index in [0.717, 1.165) is 19.3 Å². The van der Waals surface area contributed by atoms with Gasteiger partial charge in [-0.1, -0.05) is 187 Å². The van der Waals surface area contributed by atoms with Crippen molar-refractivity contribution in [2.75, 3.05) is 19.4 Å². The number of alkyl halides is 6. The monoisotopic (exact) mass is 1510 g/mol. The molecule has 2 saturated carbocycles. The topological polar surface area (TPSA) is 248 Å². The van der Waals surface area contributed by atoms with Gasteiger partial charge in [0.25, 0.3) is 6.10 Å². The molecule has 0 aromatic heterocycles. The van der Waals surface area contributed by atoms with Crippen LogP contribution in [0.2, 0.25) is 19.6 Å². The van der Waals surface area contributed by atoms with Crippen molar-refractivity contribution in [1.82, 2.24) is 0 Å². The molecule has 26 heteroatoms. The Hall–Kier alpha value is -7.90. The van der Waals surface area contributed by atoms with Gasteiger partial charge in [-0.2, -0.15) is 30.7 Å². The van der Waals surface area contributed by atoms with Crippen LogP contribution in [0.4, 0.5) is 30.7 Å². The number of ether oxygens (including phenoxy) is 8. The van der Waals surface area contributed by atoms with E-state index in [0.29, 0.717) is 81.1 Å². The molecule has 0 radical (unpaired) electrons. The van der Waals surface area contributed by atoms with Crippen LogP contribution in [0.25, 0.3) is 0 Å². The minimum Gasteiger partial charge on any atom is -0.478 e. The highest BCUT2D eigenvalue weighted by Crippen LogP contribution is 2.66. The standard InChI is InChI=1S/C14H22O2.C14H18O2.C12H22O2.C11H20O2.C8H5F7O4.C8H16O2Si.C7H12O2.C4H6O2/c1-9(2)12(15)16-11-8-10-6-7-14(11,5)13(10,3)4;1-10(2)13(15)16-12-8-6-11(7-9-12)14(3,4)5;1-5-7-8-11(6-2)9-14-12(13)10(3)4;1-7(2)10(8(3)4)13-11(12)9(5)6;1-3(9)5(17)18-2-4(16)19-6(7(10,11)12)8(13,14)15;1-7(2)8(9)10-6-11(3,4)5;1-5(2)7(8)9-6(3)4;1-3(2)4(5)6/h10-11H,1,6-8H2,2-5H3;6-9H,1H2,2-5H3;11H,3,5-9H2,1-2,4H3;7-8,10H,5H2,1-4,6H3;6H,1-2H2;1,6H2,2-5H3;6H,1H2,2-4H3;1H2,2H3,(H,5,6). The number of fused-ring (bicyclic) bond motifs is 2. The first-order chi connectivity index (χ1) is 46.9. The van der Waals surface area contributed by atoms with Gasteiger partial charge in [0.15, 0.2) is 6.61 Å². The zero-order chi connectivity index (χ0) is 83.1. The summed E-state index contributed by atoms with van der Waals surface area (Å²) in [5, 5.41) is 7.89. The van der Waals surface area contributed by atoms with Gasteiger partial charge in [0, 0.05) is 44.4 Å². The molecule has 1 aromatic carbocycles. The number of hydrogen-bond donors (Lipinski definition) is 1. The van der Waals surface area contributed by atoms with E-state index in [2.05, 4.69) is 165 Å². The van der Waals surface area contributed by atoms with E-state index in [1.165, 1.54) is 38.2 Å². The Morgan fingerprint density at radius 3 is 1.30 bits per heavy atom. The van der Waals surface area contributed by atoms with E-state index in [1.807, 2.05) is 12.1 Å². The molecule has 4 unspecified atom stereocenters. The lowest BCUT2D eigenvalue weighted by Crippen LogP contribution is -2.46. The quantitative estimate of drug-likeness (QED) is 0.0239. The third kappa shape index (κ3) is 46.0. The highest BCUT2D eigenvalue weighted by molar-refractivity contribution is 6.76. The highest BCUT2D eigenvalue weighted by atomic mass is 28.3. The number of carboxylic acids is 1. The van der Waals surface area contributed by atoms with Crippen LogP contribution in [0.15, 0.2) is 122 Å². The molecule has 2 aliphatic carbocycles. The first-order valence-corrected chi connectivity index (χ1v) is 37.6. The number of esters is 8. The van der Waals surface area contributed by atoms with E-state index in [4.69, 9.17) is 33.5 Å². The smallest absolute Gasteiger partial charge is 0.434 e. The van der Waals surface area contributed by atoms with Crippen molar-refractivity contribution in [2.24, 2.45) is 34.5 Å². The molecule has 0 amide bonds. The van der Waals surface area contributed by atoms with E-state index >= 15 is 0 Å². The average Bonchev–Trinajstić information content (AvgIpc) is 1.56. The summed E-state index contributed by atoms with van der Waals surface area (Å²) in [5.41, 5.74) is 4.72. The fourth-order valence-corrected chi connectivity index (χ4v) is 9.21. The Balaban J connectivity index is -0.000000365. The van der Waals surface area contributed by atoms with Crippen LogP contribution in [-0.2, 0) is 81.7 Å². The van der Waals surface area contributed by atoms with Crippen molar-refractivity contribution in [2.45, 2.75) is 252 Å². The molecule has 0 aliphatic heterocycles. The van der Waals surface area contributed by atoms with E-state index in [-0.39, 0.29) is 70.5 Å². The van der Waals surface area contributed by atoms with Crippen LogP contribution in [-0.4, -0.2) is 123 Å². The lowest BCUT2D eigenvalue weighted by atomic mass is 9.70. The number of carbonyl (C=O) groups is 9. The van der Waals surface area contributed by atoms with Crippen molar-refractivity contribution >= 4 is 61.8 Å². The SMILES string of the molecule is C=C(C)C(=O)O.C=C(C)C(=O)OC(C(C)C)C(C)C.C=C(C)C(=O)OC(C)C.C=C(C)C(=O)OC1CC2CCC1(C)C2(C)C.C=C(C)C(=O)OCC(CC)CCCC.C=C(C)C(=O)OC[Si](C)(C)C.C=C(C)C(=O)Oc1ccc(C(C)(C)C)cc1.C=C(F)C(=O)OCC(=O)OC(C(F)(F)F)C(F)(F)F. The Kier molecular flexibility index (Phi) is 49.3. The predicted molar refractivity (Wildman–Crippen MR) is 394 cm³/mol. The van der Waals surface area contributed by atoms with Gasteiger partial charge in [-0.05, 0) is 140 Å². The second-order valence-corrected chi connectivity index (χ2v) is 34.7.